The molecule has 0 saturated carbocycles. The summed E-state index contributed by atoms with van der Waals surface area (Å²) >= 11 is 0. The van der Waals surface area contributed by atoms with Crippen LogP contribution in [0.3, 0.4) is 0 Å². The van der Waals surface area contributed by atoms with Crippen molar-refractivity contribution in [2.24, 2.45) is 0 Å². The predicted octanol–water partition coefficient (Wildman–Crippen LogP) is 5.24. The molecule has 1 atom stereocenters. The molecule has 0 aliphatic carbocycles. The second-order valence-corrected chi connectivity index (χ2v) is 7.64. The predicted molar refractivity (Wildman–Crippen MR) is 111 cm³/mol. The molecule has 0 N–H and O–H groups in total. The van der Waals surface area contributed by atoms with Gasteiger partial charge in [0.15, 0.2) is 0 Å². The number of esters is 1. The van der Waals surface area contributed by atoms with Crippen LogP contribution in [0.2, 0.25) is 0 Å². The maximum atomic E-state index is 13.0. The van der Waals surface area contributed by atoms with Gasteiger partial charge < -0.3 is 23.7 Å². The summed E-state index contributed by atoms with van der Waals surface area (Å²) in [4.78, 5) is 25.3. The van der Waals surface area contributed by atoms with Gasteiger partial charge in [-0.2, -0.15) is 0 Å². The smallest absolute Gasteiger partial charge is 0.496 e. The van der Waals surface area contributed by atoms with Crippen LogP contribution in [0.1, 0.15) is 55.3 Å². The maximum Gasteiger partial charge on any atom is 0.514 e. The zero-order valence-electron chi connectivity index (χ0n) is 18.4. The fraction of sp³-hybridized carbons (Fsp3) is 0.391. The number of rotatable bonds is 6. The molecule has 7 nitrogen and oxygen atoms in total. The summed E-state index contributed by atoms with van der Waals surface area (Å²) in [6.07, 6.45) is -1.31. The summed E-state index contributed by atoms with van der Waals surface area (Å²) in [6, 6.07) is 10.1. The minimum atomic E-state index is -0.933. The summed E-state index contributed by atoms with van der Waals surface area (Å²) in [5.41, 5.74) is 0.380. The van der Waals surface area contributed by atoms with E-state index in [0.29, 0.717) is 22.6 Å². The van der Waals surface area contributed by atoms with Gasteiger partial charge >= 0.3 is 12.1 Å². The number of hydrogen-bond donors (Lipinski definition) is 0. The van der Waals surface area contributed by atoms with E-state index in [-0.39, 0.29) is 17.4 Å². The second-order valence-electron chi connectivity index (χ2n) is 7.64. The lowest BCUT2D eigenvalue weighted by Gasteiger charge is -2.22. The van der Waals surface area contributed by atoms with Crippen LogP contribution >= 0.6 is 0 Å². The summed E-state index contributed by atoms with van der Waals surface area (Å²) in [6.45, 7) is 8.66. The highest BCUT2D eigenvalue weighted by molar-refractivity contribution is 5.97. The number of hydrogen-bond acceptors (Lipinski definition) is 7. The number of methoxy groups -OCH3 is 2. The average molecular weight is 416 g/mol. The van der Waals surface area contributed by atoms with E-state index in [1.807, 2.05) is 13.0 Å². The molecular formula is C23H28O7. The van der Waals surface area contributed by atoms with Gasteiger partial charge in [-0.15, -0.1) is 0 Å². The van der Waals surface area contributed by atoms with Crippen LogP contribution in [-0.2, 0) is 9.47 Å². The van der Waals surface area contributed by atoms with Crippen LogP contribution in [0, 0.1) is 6.92 Å². The van der Waals surface area contributed by atoms with Crippen LogP contribution in [-0.4, -0.2) is 31.9 Å². The maximum absolute atomic E-state index is 13.0. The molecule has 0 amide bonds. The van der Waals surface area contributed by atoms with Crippen molar-refractivity contribution in [2.75, 3.05) is 14.2 Å². The number of carbonyl (C=O) groups is 2. The monoisotopic (exact) mass is 416 g/mol. The first kappa shape index (κ1) is 23.2. The lowest BCUT2D eigenvalue weighted by molar-refractivity contribution is 0.0203. The Balaban J connectivity index is 2.55. The summed E-state index contributed by atoms with van der Waals surface area (Å²) in [5, 5.41) is 0. The second kappa shape index (κ2) is 9.63. The molecule has 0 aromatic heterocycles. The van der Waals surface area contributed by atoms with E-state index < -0.39 is 17.7 Å². The van der Waals surface area contributed by atoms with Crippen LogP contribution in [0.5, 0.6) is 17.2 Å². The third kappa shape index (κ3) is 5.73. The lowest BCUT2D eigenvalue weighted by atomic mass is 9.99. The first-order valence-corrected chi connectivity index (χ1v) is 9.49. The van der Waals surface area contributed by atoms with Gasteiger partial charge in [-0.3, -0.25) is 0 Å². The molecule has 1 unspecified atom stereocenters. The molecule has 0 fully saturated rings. The van der Waals surface area contributed by atoms with Gasteiger partial charge in [0, 0.05) is 18.2 Å². The van der Waals surface area contributed by atoms with E-state index in [4.69, 9.17) is 23.7 Å². The Morgan fingerprint density at radius 2 is 1.63 bits per heavy atom. The van der Waals surface area contributed by atoms with Crippen molar-refractivity contribution in [3.63, 3.8) is 0 Å². The van der Waals surface area contributed by atoms with Gasteiger partial charge in [-0.05, 0) is 52.8 Å². The standard InChI is InChI=1S/C23H28O7/c1-14-19(21(24)28-16-11-9-8-10-12-16)18(29-22(25)30-23(3,4)5)13-17(15(2)26-6)20(14)27-7/h8-13,15H,1-7H3. The number of carbonyl (C=O) groups excluding carboxylic acids is 2. The van der Waals surface area contributed by atoms with Crippen LogP contribution in [0.15, 0.2) is 36.4 Å². The molecule has 0 aliphatic heterocycles. The Bertz CT molecular complexity index is 898. The van der Waals surface area contributed by atoms with Gasteiger partial charge in [-0.1, -0.05) is 18.2 Å². The Kier molecular flexibility index (Phi) is 7.45. The molecule has 30 heavy (non-hydrogen) atoms. The van der Waals surface area contributed by atoms with Crippen molar-refractivity contribution >= 4 is 12.1 Å². The molecule has 0 heterocycles. The van der Waals surface area contributed by atoms with Crippen molar-refractivity contribution in [1.82, 2.24) is 0 Å². The molecule has 162 valence electrons. The number of benzene rings is 2. The first-order chi connectivity index (χ1) is 14.1. The van der Waals surface area contributed by atoms with Crippen LogP contribution in [0.25, 0.3) is 0 Å². The largest absolute Gasteiger partial charge is 0.514 e. The first-order valence-electron chi connectivity index (χ1n) is 9.49. The molecule has 2 aromatic carbocycles. The summed E-state index contributed by atoms with van der Waals surface area (Å²) < 4.78 is 27.1. The molecule has 0 radical (unpaired) electrons. The summed E-state index contributed by atoms with van der Waals surface area (Å²) in [7, 11) is 3.04. The molecule has 0 saturated heterocycles. The highest BCUT2D eigenvalue weighted by Crippen LogP contribution is 2.39. The SMILES string of the molecule is COc1c(C(C)OC)cc(OC(=O)OC(C)(C)C)c(C(=O)Oc2ccccc2)c1C. The van der Waals surface area contributed by atoms with Crippen molar-refractivity contribution in [1.29, 1.82) is 0 Å². The normalized spacial score (nSPS) is 12.1. The quantitative estimate of drug-likeness (QED) is 0.362. The Morgan fingerprint density at radius 1 is 1.00 bits per heavy atom. The fourth-order valence-corrected chi connectivity index (χ4v) is 2.84. The Labute approximate surface area is 176 Å². The van der Waals surface area contributed by atoms with Crippen molar-refractivity contribution < 1.29 is 33.3 Å². The zero-order valence-corrected chi connectivity index (χ0v) is 18.4. The summed E-state index contributed by atoms with van der Waals surface area (Å²) in [5.74, 6) is 0.119. The molecule has 2 aromatic rings. The fourth-order valence-electron chi connectivity index (χ4n) is 2.84. The van der Waals surface area contributed by atoms with Crippen LogP contribution in [0.4, 0.5) is 4.79 Å². The highest BCUT2D eigenvalue weighted by Gasteiger charge is 2.28. The molecule has 2 rings (SSSR count). The average Bonchev–Trinajstić information content (AvgIpc) is 2.66. The van der Waals surface area contributed by atoms with E-state index in [9.17, 15) is 9.59 Å². The molecule has 7 heteroatoms. The van der Waals surface area contributed by atoms with Gasteiger partial charge in [-0.25, -0.2) is 9.59 Å². The molecule has 0 aliphatic rings. The minimum Gasteiger partial charge on any atom is -0.496 e. The number of ether oxygens (including phenoxy) is 5. The highest BCUT2D eigenvalue weighted by atomic mass is 16.7. The van der Waals surface area contributed by atoms with Gasteiger partial charge in [0.25, 0.3) is 0 Å². The van der Waals surface area contributed by atoms with Crippen molar-refractivity contribution in [3.05, 3.63) is 53.1 Å². The molecule has 0 bridgehead atoms. The number of para-hydroxylation sites is 1. The molecular weight excluding hydrogens is 388 g/mol. The zero-order chi connectivity index (χ0) is 22.5. The minimum absolute atomic E-state index is 0.00220. The van der Waals surface area contributed by atoms with Gasteiger partial charge in [0.05, 0.1) is 13.2 Å². The van der Waals surface area contributed by atoms with Crippen molar-refractivity contribution in [3.8, 4) is 17.2 Å². The van der Waals surface area contributed by atoms with Crippen LogP contribution < -0.4 is 14.2 Å². The Morgan fingerprint density at radius 3 is 2.17 bits per heavy atom. The van der Waals surface area contributed by atoms with E-state index in [0.717, 1.165) is 0 Å². The third-order valence-corrected chi connectivity index (χ3v) is 4.25. The molecule has 0 spiro atoms. The van der Waals surface area contributed by atoms with E-state index >= 15 is 0 Å². The lowest BCUT2D eigenvalue weighted by Crippen LogP contribution is -2.27. The van der Waals surface area contributed by atoms with E-state index in [2.05, 4.69) is 0 Å². The van der Waals surface area contributed by atoms with Gasteiger partial charge in [0.1, 0.15) is 28.4 Å². The van der Waals surface area contributed by atoms with E-state index in [1.54, 1.807) is 59.1 Å². The third-order valence-electron chi connectivity index (χ3n) is 4.25. The Hall–Kier alpha value is -3.06. The topological polar surface area (TPSA) is 80.3 Å². The van der Waals surface area contributed by atoms with Gasteiger partial charge in [0.2, 0.25) is 0 Å². The van der Waals surface area contributed by atoms with E-state index in [1.165, 1.54) is 13.2 Å². The van der Waals surface area contributed by atoms with Crippen molar-refractivity contribution in [2.45, 2.75) is 46.3 Å².